The van der Waals surface area contributed by atoms with Crippen LogP contribution in [0.25, 0.3) is 27.0 Å². The third-order valence-corrected chi connectivity index (χ3v) is 6.52. The molecule has 0 aliphatic carbocycles. The molecular weight excluding hydrogens is 476 g/mol. The number of rotatable bonds is 6. The van der Waals surface area contributed by atoms with Crippen molar-refractivity contribution in [2.75, 3.05) is 18.2 Å². The lowest BCUT2D eigenvalue weighted by Crippen LogP contribution is -2.28. The highest BCUT2D eigenvalue weighted by atomic mass is 32.1. The number of fused-ring (bicyclic) bond motifs is 1. The van der Waals surface area contributed by atoms with Crippen LogP contribution in [0.4, 0.5) is 11.8 Å². The van der Waals surface area contributed by atoms with Gasteiger partial charge in [0, 0.05) is 11.8 Å². The summed E-state index contributed by atoms with van der Waals surface area (Å²) in [4.78, 5) is 32.1. The predicted octanol–water partition coefficient (Wildman–Crippen LogP) is 3.93. The molecule has 0 fully saturated rings. The molecule has 0 radical (unpaired) electrons. The maximum atomic E-state index is 14.1. The monoisotopic (exact) mass is 496 g/mol. The Bertz CT molecular complexity index is 1670. The second kappa shape index (κ2) is 9.44. The van der Waals surface area contributed by atoms with E-state index in [1.54, 1.807) is 23.9 Å². The topological polar surface area (TPSA) is 145 Å². The molecule has 0 spiro atoms. The van der Waals surface area contributed by atoms with Gasteiger partial charge in [-0.3, -0.25) is 9.36 Å². The van der Waals surface area contributed by atoms with E-state index in [9.17, 15) is 10.1 Å². The number of thiazole rings is 1. The summed E-state index contributed by atoms with van der Waals surface area (Å²) in [7, 11) is 1.55. The van der Waals surface area contributed by atoms with Crippen molar-refractivity contribution in [3.05, 3.63) is 82.7 Å². The SMILES string of the molecule is COc1ncc(-c2cccc3nc([C@@H](C)Nc4nc(N)ncc4C#N)n(-c4ccccc4)c(=O)c23)s1. The minimum Gasteiger partial charge on any atom is -0.473 e. The number of ether oxygens (including phenoxy) is 1. The van der Waals surface area contributed by atoms with Gasteiger partial charge in [-0.05, 0) is 25.1 Å². The summed E-state index contributed by atoms with van der Waals surface area (Å²) in [6, 6.07) is 16.3. The van der Waals surface area contributed by atoms with E-state index in [1.807, 2.05) is 49.4 Å². The second-order valence-corrected chi connectivity index (χ2v) is 8.80. The van der Waals surface area contributed by atoms with E-state index in [2.05, 4.69) is 26.3 Å². The Morgan fingerprint density at radius 3 is 2.64 bits per heavy atom. The van der Waals surface area contributed by atoms with E-state index < -0.39 is 6.04 Å². The van der Waals surface area contributed by atoms with Crippen molar-refractivity contribution >= 4 is 34.0 Å². The number of para-hydroxylation sites is 1. The van der Waals surface area contributed by atoms with Crippen LogP contribution in [0.15, 0.2) is 65.7 Å². The van der Waals surface area contributed by atoms with Crippen molar-refractivity contribution in [2.45, 2.75) is 13.0 Å². The molecule has 1 atom stereocenters. The summed E-state index contributed by atoms with van der Waals surface area (Å²) in [5.74, 6) is 0.732. The Labute approximate surface area is 209 Å². The Kier molecular flexibility index (Phi) is 6.02. The number of nitrogens with one attached hydrogen (secondary N) is 1. The van der Waals surface area contributed by atoms with E-state index in [4.69, 9.17) is 15.5 Å². The molecule has 0 amide bonds. The van der Waals surface area contributed by atoms with Gasteiger partial charge in [-0.25, -0.2) is 15.0 Å². The van der Waals surface area contributed by atoms with Crippen LogP contribution < -0.4 is 21.3 Å². The van der Waals surface area contributed by atoms with Crippen molar-refractivity contribution in [3.8, 4) is 27.4 Å². The standard InChI is InChI=1S/C25H20N8O2S/c1-14(30-21-15(11-26)12-28-24(27)32-21)22-31-18-10-6-9-17(19-13-29-25(35-2)36-19)20(18)23(34)33(22)16-7-4-3-5-8-16/h3-10,12-14H,1-2H3,(H3,27,28,30,32)/t14-/m1/s1. The average Bonchev–Trinajstić information content (AvgIpc) is 3.38. The number of nitrogens with two attached hydrogens (primary N) is 1. The van der Waals surface area contributed by atoms with Crippen LogP contribution in [0.1, 0.15) is 24.4 Å². The molecule has 0 saturated carbocycles. The summed E-state index contributed by atoms with van der Waals surface area (Å²) in [6.07, 6.45) is 3.04. The molecule has 10 nitrogen and oxygen atoms in total. The van der Waals surface area contributed by atoms with Gasteiger partial charge in [0.25, 0.3) is 10.8 Å². The van der Waals surface area contributed by atoms with Gasteiger partial charge < -0.3 is 15.8 Å². The van der Waals surface area contributed by atoms with Crippen molar-refractivity contribution in [1.29, 1.82) is 5.26 Å². The molecule has 2 aromatic carbocycles. The second-order valence-electron chi connectivity index (χ2n) is 7.81. The number of nitriles is 1. The summed E-state index contributed by atoms with van der Waals surface area (Å²) < 4.78 is 6.81. The maximum absolute atomic E-state index is 14.1. The smallest absolute Gasteiger partial charge is 0.273 e. The zero-order valence-corrected chi connectivity index (χ0v) is 20.2. The first-order valence-electron chi connectivity index (χ1n) is 10.9. The van der Waals surface area contributed by atoms with Crippen LogP contribution in [0, 0.1) is 11.3 Å². The lowest BCUT2D eigenvalue weighted by Gasteiger charge is -2.21. The number of benzene rings is 2. The number of hydrogen-bond donors (Lipinski definition) is 2. The Morgan fingerprint density at radius 1 is 1.11 bits per heavy atom. The van der Waals surface area contributed by atoms with E-state index in [-0.39, 0.29) is 22.9 Å². The highest BCUT2D eigenvalue weighted by Gasteiger charge is 2.22. The van der Waals surface area contributed by atoms with Crippen molar-refractivity contribution in [2.24, 2.45) is 0 Å². The molecule has 178 valence electrons. The third-order valence-electron chi connectivity index (χ3n) is 5.53. The van der Waals surface area contributed by atoms with E-state index >= 15 is 0 Å². The average molecular weight is 497 g/mol. The molecule has 11 heteroatoms. The fraction of sp³-hybridized carbons (Fsp3) is 0.120. The first kappa shape index (κ1) is 22.9. The summed E-state index contributed by atoms with van der Waals surface area (Å²) >= 11 is 1.35. The Hall–Kier alpha value is -4.82. The summed E-state index contributed by atoms with van der Waals surface area (Å²) in [5.41, 5.74) is 7.64. The zero-order chi connectivity index (χ0) is 25.2. The van der Waals surface area contributed by atoms with Crippen LogP contribution in [0.5, 0.6) is 5.19 Å². The van der Waals surface area contributed by atoms with Gasteiger partial charge in [0.15, 0.2) is 0 Å². The molecule has 0 aliphatic rings. The van der Waals surface area contributed by atoms with Crippen LogP contribution in [-0.4, -0.2) is 31.6 Å². The van der Waals surface area contributed by atoms with E-state index in [0.717, 1.165) is 10.4 Å². The number of anilines is 2. The van der Waals surface area contributed by atoms with Crippen LogP contribution in [0.2, 0.25) is 0 Å². The zero-order valence-electron chi connectivity index (χ0n) is 19.3. The highest BCUT2D eigenvalue weighted by Crippen LogP contribution is 2.34. The maximum Gasteiger partial charge on any atom is 0.273 e. The molecule has 0 saturated heterocycles. The number of aromatic nitrogens is 5. The van der Waals surface area contributed by atoms with Crippen molar-refractivity contribution in [3.63, 3.8) is 0 Å². The van der Waals surface area contributed by atoms with Crippen molar-refractivity contribution in [1.82, 2.24) is 24.5 Å². The van der Waals surface area contributed by atoms with Gasteiger partial charge >= 0.3 is 0 Å². The molecule has 36 heavy (non-hydrogen) atoms. The van der Waals surface area contributed by atoms with Gasteiger partial charge in [-0.15, -0.1) is 0 Å². The quantitative estimate of drug-likeness (QED) is 0.357. The predicted molar refractivity (Wildman–Crippen MR) is 138 cm³/mol. The molecule has 0 bridgehead atoms. The normalized spacial score (nSPS) is 11.7. The summed E-state index contributed by atoms with van der Waals surface area (Å²) in [5, 5.41) is 13.6. The fourth-order valence-corrected chi connectivity index (χ4v) is 4.67. The Morgan fingerprint density at radius 2 is 1.92 bits per heavy atom. The first-order chi connectivity index (χ1) is 17.5. The van der Waals surface area contributed by atoms with Gasteiger partial charge in [0.2, 0.25) is 5.95 Å². The minimum absolute atomic E-state index is 0.0280. The number of nitrogen functional groups attached to an aromatic ring is 1. The number of nitrogens with zero attached hydrogens (tertiary/aromatic N) is 6. The number of hydrogen-bond acceptors (Lipinski definition) is 10. The molecule has 3 N–H and O–H groups in total. The largest absolute Gasteiger partial charge is 0.473 e. The van der Waals surface area contributed by atoms with Crippen LogP contribution in [0.3, 0.4) is 0 Å². The highest BCUT2D eigenvalue weighted by molar-refractivity contribution is 7.16. The van der Waals surface area contributed by atoms with Gasteiger partial charge in [0.05, 0.1) is 40.8 Å². The molecule has 0 unspecified atom stereocenters. The van der Waals surface area contributed by atoms with E-state index in [0.29, 0.717) is 27.6 Å². The number of methoxy groups -OCH3 is 1. The molecule has 5 rings (SSSR count). The fourth-order valence-electron chi connectivity index (χ4n) is 3.90. The lowest BCUT2D eigenvalue weighted by molar-refractivity contribution is 0.412. The molecule has 3 heterocycles. The third kappa shape index (κ3) is 4.10. The Balaban J connectivity index is 1.73. The van der Waals surface area contributed by atoms with Crippen LogP contribution in [-0.2, 0) is 0 Å². The van der Waals surface area contributed by atoms with Crippen LogP contribution >= 0.6 is 11.3 Å². The van der Waals surface area contributed by atoms with Gasteiger partial charge in [0.1, 0.15) is 23.3 Å². The van der Waals surface area contributed by atoms with Crippen molar-refractivity contribution < 1.29 is 4.74 Å². The molecular formula is C25H20N8O2S. The minimum atomic E-state index is -0.518. The first-order valence-corrected chi connectivity index (χ1v) is 11.7. The molecule has 3 aromatic heterocycles. The summed E-state index contributed by atoms with van der Waals surface area (Å²) in [6.45, 7) is 1.84. The van der Waals surface area contributed by atoms with E-state index in [1.165, 1.54) is 17.5 Å². The molecule has 0 aliphatic heterocycles. The molecule has 5 aromatic rings. The van der Waals surface area contributed by atoms with Gasteiger partial charge in [-0.2, -0.15) is 10.2 Å². The van der Waals surface area contributed by atoms with Gasteiger partial charge in [-0.1, -0.05) is 41.7 Å². The lowest BCUT2D eigenvalue weighted by atomic mass is 10.1.